The molecule has 0 aromatic heterocycles. The monoisotopic (exact) mass is 592 g/mol. The molecule has 0 bridgehead atoms. The van der Waals surface area contributed by atoms with Gasteiger partial charge in [-0.1, -0.05) is 39.2 Å². The van der Waals surface area contributed by atoms with Gasteiger partial charge in [0.25, 0.3) is 0 Å². The second-order valence-electron chi connectivity index (χ2n) is 13.5. The lowest BCUT2D eigenvalue weighted by Crippen LogP contribution is -2.50. The largest absolute Gasteiger partial charge is 0.460 e. The van der Waals surface area contributed by atoms with Crippen LogP contribution in [0.3, 0.4) is 0 Å². The average molecular weight is 593 g/mol. The number of fused-ring (bicyclic) bond motifs is 4. The van der Waals surface area contributed by atoms with Crippen molar-refractivity contribution in [3.05, 3.63) is 48.6 Å². The summed E-state index contributed by atoms with van der Waals surface area (Å²) in [5, 5.41) is 0. The molecule has 4 aliphatic carbocycles. The molecule has 0 spiro atoms. The van der Waals surface area contributed by atoms with Gasteiger partial charge < -0.3 is 18.9 Å². The standard InChI is InChI=1S/C33H36O10/c1-14-11-20-26(16(3)30(38)40-20)28(32(5)18(14)7-9-22(32)34)42-24(36)13-25(37)43-29-27-17(4)31(39)41-21(27)12-15(2)19-8-10-23(35)33(19,29)6/h7-10,14-15,18-21,26-29H,3-4,11-13H2,1-2,5-6H3/t14?,15?,18?,19?,20?,21?,26?,27?,28?,29?,32-,33-/m0/s1. The number of allylic oxidation sites excluding steroid dienone is 4. The van der Waals surface area contributed by atoms with E-state index in [4.69, 9.17) is 18.9 Å². The smallest absolute Gasteiger partial charge is 0.334 e. The highest BCUT2D eigenvalue weighted by Gasteiger charge is 2.63. The molecule has 2 heterocycles. The van der Waals surface area contributed by atoms with E-state index in [-0.39, 0.29) is 46.4 Å². The number of ether oxygens (including phenoxy) is 4. The molecule has 10 unspecified atom stereocenters. The molecule has 10 nitrogen and oxygen atoms in total. The number of carbonyl (C=O) groups excluding carboxylic acids is 6. The number of rotatable bonds is 4. The van der Waals surface area contributed by atoms with Crippen LogP contribution in [0.2, 0.25) is 0 Å². The van der Waals surface area contributed by atoms with Crippen LogP contribution in [0.5, 0.6) is 0 Å². The van der Waals surface area contributed by atoms with Gasteiger partial charge in [0.1, 0.15) is 30.8 Å². The van der Waals surface area contributed by atoms with Crippen molar-refractivity contribution in [3.8, 4) is 0 Å². The molecule has 4 fully saturated rings. The first kappa shape index (κ1) is 29.3. The van der Waals surface area contributed by atoms with Gasteiger partial charge in [-0.2, -0.15) is 0 Å². The van der Waals surface area contributed by atoms with Crippen LogP contribution in [-0.2, 0) is 47.7 Å². The van der Waals surface area contributed by atoms with E-state index in [0.717, 1.165) is 0 Å². The Bertz CT molecular complexity index is 1330. The molecule has 0 N–H and O–H groups in total. The Morgan fingerprint density at radius 1 is 0.767 bits per heavy atom. The van der Waals surface area contributed by atoms with Crippen LogP contribution in [-0.4, -0.2) is 59.9 Å². The number of esters is 4. The summed E-state index contributed by atoms with van der Waals surface area (Å²) in [7, 11) is 0. The number of hydrogen-bond acceptors (Lipinski definition) is 10. The Kier molecular flexibility index (Phi) is 6.71. The van der Waals surface area contributed by atoms with Crippen molar-refractivity contribution in [2.24, 2.45) is 46.3 Å². The third-order valence-electron chi connectivity index (χ3n) is 11.1. The van der Waals surface area contributed by atoms with Crippen LogP contribution in [0.15, 0.2) is 48.6 Å². The summed E-state index contributed by atoms with van der Waals surface area (Å²) < 4.78 is 23.0. The maximum atomic E-state index is 13.4. The van der Waals surface area contributed by atoms with Crippen molar-refractivity contribution >= 4 is 35.4 Å². The summed E-state index contributed by atoms with van der Waals surface area (Å²) in [4.78, 5) is 78.4. The molecule has 43 heavy (non-hydrogen) atoms. The molecule has 6 aliphatic rings. The Balaban J connectivity index is 1.26. The van der Waals surface area contributed by atoms with Crippen molar-refractivity contribution in [3.63, 3.8) is 0 Å². The lowest BCUT2D eigenvalue weighted by Gasteiger charge is -2.40. The quantitative estimate of drug-likeness (QED) is 0.207. The van der Waals surface area contributed by atoms with Crippen molar-refractivity contribution in [1.82, 2.24) is 0 Å². The molecule has 0 aromatic rings. The number of ketones is 2. The van der Waals surface area contributed by atoms with E-state index >= 15 is 0 Å². The topological polar surface area (TPSA) is 139 Å². The zero-order valence-corrected chi connectivity index (χ0v) is 24.7. The van der Waals surface area contributed by atoms with Gasteiger partial charge in [-0.05, 0) is 62.5 Å². The fourth-order valence-corrected chi connectivity index (χ4v) is 8.78. The van der Waals surface area contributed by atoms with Gasteiger partial charge >= 0.3 is 23.9 Å². The second kappa shape index (κ2) is 9.86. The van der Waals surface area contributed by atoms with E-state index in [1.807, 2.05) is 13.8 Å². The third-order valence-corrected chi connectivity index (χ3v) is 11.1. The van der Waals surface area contributed by atoms with Gasteiger partial charge in [-0.3, -0.25) is 19.2 Å². The predicted molar refractivity (Wildman–Crippen MR) is 148 cm³/mol. The Labute approximate surface area is 249 Å². The molecule has 2 saturated carbocycles. The Morgan fingerprint density at radius 3 is 1.51 bits per heavy atom. The molecular weight excluding hydrogens is 556 g/mol. The molecule has 2 aliphatic heterocycles. The minimum atomic E-state index is -1.19. The van der Waals surface area contributed by atoms with Gasteiger partial charge in [-0.25, -0.2) is 9.59 Å². The van der Waals surface area contributed by atoms with Crippen molar-refractivity contribution in [2.75, 3.05) is 0 Å². The van der Waals surface area contributed by atoms with Crippen LogP contribution < -0.4 is 0 Å². The summed E-state index contributed by atoms with van der Waals surface area (Å²) in [6, 6.07) is 0. The maximum Gasteiger partial charge on any atom is 0.334 e. The summed E-state index contributed by atoms with van der Waals surface area (Å²) in [5.41, 5.74) is -2.15. The molecule has 0 amide bonds. The molecular formula is C33H36O10. The highest BCUT2D eigenvalue weighted by molar-refractivity contribution is 6.01. The lowest BCUT2D eigenvalue weighted by molar-refractivity contribution is -0.174. The normalized spacial score (nSPS) is 44.6. The van der Waals surface area contributed by atoms with Gasteiger partial charge in [0.2, 0.25) is 0 Å². The van der Waals surface area contributed by atoms with Gasteiger partial charge in [0, 0.05) is 11.1 Å². The highest BCUT2D eigenvalue weighted by atomic mass is 16.6. The molecule has 0 aromatic carbocycles. The maximum absolute atomic E-state index is 13.4. The van der Waals surface area contributed by atoms with Crippen LogP contribution >= 0.6 is 0 Å². The van der Waals surface area contributed by atoms with Gasteiger partial charge in [0.15, 0.2) is 11.6 Å². The summed E-state index contributed by atoms with van der Waals surface area (Å²) >= 11 is 0. The van der Waals surface area contributed by atoms with Crippen LogP contribution in [0.4, 0.5) is 0 Å². The Hall–Kier alpha value is -3.82. The first-order chi connectivity index (χ1) is 20.2. The minimum absolute atomic E-state index is 0.0613. The summed E-state index contributed by atoms with van der Waals surface area (Å²) in [6.07, 6.45) is 3.17. The zero-order valence-electron chi connectivity index (χ0n) is 24.7. The van der Waals surface area contributed by atoms with Gasteiger partial charge in [0.05, 0.1) is 22.7 Å². The number of hydrogen-bond donors (Lipinski definition) is 0. The number of carbonyl (C=O) groups is 6. The van der Waals surface area contributed by atoms with Crippen LogP contribution in [0, 0.1) is 46.3 Å². The molecule has 2 saturated heterocycles. The van der Waals surface area contributed by atoms with E-state index < -0.39 is 77.4 Å². The molecule has 228 valence electrons. The minimum Gasteiger partial charge on any atom is -0.460 e. The summed E-state index contributed by atoms with van der Waals surface area (Å²) in [6.45, 7) is 15.1. The molecule has 0 radical (unpaired) electrons. The van der Waals surface area contributed by atoms with Crippen molar-refractivity contribution < 1.29 is 47.7 Å². The van der Waals surface area contributed by atoms with E-state index in [1.54, 1.807) is 26.0 Å². The van der Waals surface area contributed by atoms with Crippen molar-refractivity contribution in [1.29, 1.82) is 0 Å². The first-order valence-corrected chi connectivity index (χ1v) is 14.8. The fraction of sp³-hybridized carbons (Fsp3) is 0.576. The van der Waals surface area contributed by atoms with Gasteiger partial charge in [-0.15, -0.1) is 0 Å². The second-order valence-corrected chi connectivity index (χ2v) is 13.5. The van der Waals surface area contributed by atoms with Crippen LogP contribution in [0.1, 0.15) is 47.0 Å². The zero-order chi connectivity index (χ0) is 31.2. The summed E-state index contributed by atoms with van der Waals surface area (Å²) in [5.74, 6) is -5.81. The molecule has 6 rings (SSSR count). The fourth-order valence-electron chi connectivity index (χ4n) is 8.78. The van der Waals surface area contributed by atoms with E-state index in [0.29, 0.717) is 12.8 Å². The first-order valence-electron chi connectivity index (χ1n) is 14.8. The van der Waals surface area contributed by atoms with E-state index in [9.17, 15) is 28.8 Å². The van der Waals surface area contributed by atoms with Crippen molar-refractivity contribution in [2.45, 2.75) is 71.4 Å². The molecule has 12 atom stereocenters. The Morgan fingerprint density at radius 2 is 1.14 bits per heavy atom. The molecule has 10 heteroatoms. The van der Waals surface area contributed by atoms with E-state index in [2.05, 4.69) is 13.2 Å². The third kappa shape index (κ3) is 4.12. The predicted octanol–water partition coefficient (Wildman–Crippen LogP) is 3.00. The lowest BCUT2D eigenvalue weighted by atomic mass is 9.67. The SMILES string of the molecule is C=C1C(=O)OC2CC(C)C3C=CC(=O)[C@@]3(C)C(OC(=O)CC(=O)OC3C4C(=C)C(=O)OC4CC(C)C4C=CC(=O)[C@]43C)C12. The average Bonchev–Trinajstić information content (AvgIpc) is 3.56. The van der Waals surface area contributed by atoms with Crippen LogP contribution in [0.25, 0.3) is 0 Å². The highest BCUT2D eigenvalue weighted by Crippen LogP contribution is 2.56. The van der Waals surface area contributed by atoms with E-state index in [1.165, 1.54) is 12.2 Å².